The first-order valence-corrected chi connectivity index (χ1v) is 8.74. The van der Waals surface area contributed by atoms with Crippen molar-refractivity contribution in [1.82, 2.24) is 5.32 Å². The lowest BCUT2D eigenvalue weighted by Gasteiger charge is -2.19. The Bertz CT molecular complexity index is 862. The van der Waals surface area contributed by atoms with Crippen LogP contribution in [0, 0.1) is 6.92 Å². The lowest BCUT2D eigenvalue weighted by atomic mass is 10.0. The molecular weight excluding hydrogens is 360 g/mol. The SMILES string of the molecule is COC(=O)c1cc(OC)ccc1NC(=O)CC(NC(C)=O)c1ccc(C)cc1. The number of benzene rings is 2. The zero-order chi connectivity index (χ0) is 20.7. The molecule has 0 bridgehead atoms. The van der Waals surface area contributed by atoms with Crippen LogP contribution in [0.5, 0.6) is 5.75 Å². The van der Waals surface area contributed by atoms with Crippen LogP contribution in [0.25, 0.3) is 0 Å². The van der Waals surface area contributed by atoms with Crippen LogP contribution in [0.1, 0.15) is 40.9 Å². The highest BCUT2D eigenvalue weighted by molar-refractivity contribution is 6.01. The molecule has 2 amide bonds. The molecule has 7 heteroatoms. The summed E-state index contributed by atoms with van der Waals surface area (Å²) in [4.78, 5) is 36.2. The van der Waals surface area contributed by atoms with Gasteiger partial charge in [-0.1, -0.05) is 29.8 Å². The number of amides is 2. The summed E-state index contributed by atoms with van der Waals surface area (Å²) < 4.78 is 9.89. The number of hydrogen-bond donors (Lipinski definition) is 2. The third-order valence-corrected chi connectivity index (χ3v) is 4.15. The van der Waals surface area contributed by atoms with E-state index < -0.39 is 12.0 Å². The van der Waals surface area contributed by atoms with Gasteiger partial charge >= 0.3 is 5.97 Å². The van der Waals surface area contributed by atoms with E-state index in [0.717, 1.165) is 11.1 Å². The van der Waals surface area contributed by atoms with E-state index in [1.807, 2.05) is 31.2 Å². The van der Waals surface area contributed by atoms with Crippen molar-refractivity contribution in [3.8, 4) is 5.75 Å². The monoisotopic (exact) mass is 384 g/mol. The number of nitrogens with one attached hydrogen (secondary N) is 2. The number of esters is 1. The molecule has 2 N–H and O–H groups in total. The molecule has 2 rings (SSSR count). The molecule has 0 saturated heterocycles. The first kappa shape index (κ1) is 21.0. The summed E-state index contributed by atoms with van der Waals surface area (Å²) >= 11 is 0. The van der Waals surface area contributed by atoms with Gasteiger partial charge in [-0.15, -0.1) is 0 Å². The van der Waals surface area contributed by atoms with Gasteiger partial charge in [0.25, 0.3) is 0 Å². The van der Waals surface area contributed by atoms with Crippen molar-refractivity contribution < 1.29 is 23.9 Å². The normalized spacial score (nSPS) is 11.3. The number of anilines is 1. The minimum absolute atomic E-state index is 0.00921. The number of carbonyl (C=O) groups excluding carboxylic acids is 3. The van der Waals surface area contributed by atoms with Crippen LogP contribution in [-0.2, 0) is 14.3 Å². The molecule has 0 aromatic heterocycles. The Kier molecular flexibility index (Phi) is 7.14. The Labute approximate surface area is 164 Å². The number of methoxy groups -OCH3 is 2. The van der Waals surface area contributed by atoms with Gasteiger partial charge in [0.05, 0.1) is 37.9 Å². The van der Waals surface area contributed by atoms with Gasteiger partial charge in [0.1, 0.15) is 5.75 Å². The number of carbonyl (C=O) groups is 3. The van der Waals surface area contributed by atoms with E-state index in [0.29, 0.717) is 11.4 Å². The van der Waals surface area contributed by atoms with Crippen LogP contribution in [0.15, 0.2) is 42.5 Å². The van der Waals surface area contributed by atoms with E-state index >= 15 is 0 Å². The van der Waals surface area contributed by atoms with Gasteiger partial charge in [0, 0.05) is 6.92 Å². The topological polar surface area (TPSA) is 93.7 Å². The first-order chi connectivity index (χ1) is 13.3. The maximum Gasteiger partial charge on any atom is 0.340 e. The molecule has 0 aliphatic rings. The highest BCUT2D eigenvalue weighted by atomic mass is 16.5. The molecule has 148 valence electrons. The zero-order valence-electron chi connectivity index (χ0n) is 16.4. The van der Waals surface area contributed by atoms with Gasteiger partial charge in [-0.05, 0) is 30.7 Å². The second-order valence-electron chi connectivity index (χ2n) is 6.32. The highest BCUT2D eigenvalue weighted by Crippen LogP contribution is 2.24. The molecule has 28 heavy (non-hydrogen) atoms. The second kappa shape index (κ2) is 9.55. The molecule has 0 saturated carbocycles. The zero-order valence-corrected chi connectivity index (χ0v) is 16.4. The van der Waals surface area contributed by atoms with Gasteiger partial charge in [-0.25, -0.2) is 4.79 Å². The third-order valence-electron chi connectivity index (χ3n) is 4.15. The second-order valence-corrected chi connectivity index (χ2v) is 6.32. The van der Waals surface area contributed by atoms with Crippen molar-refractivity contribution in [2.45, 2.75) is 26.3 Å². The fraction of sp³-hybridized carbons (Fsp3) is 0.286. The molecule has 1 atom stereocenters. The minimum Gasteiger partial charge on any atom is -0.497 e. The van der Waals surface area contributed by atoms with Crippen LogP contribution in [0.4, 0.5) is 5.69 Å². The summed E-state index contributed by atoms with van der Waals surface area (Å²) in [6.45, 7) is 3.36. The largest absolute Gasteiger partial charge is 0.497 e. The third kappa shape index (κ3) is 5.57. The molecule has 0 aliphatic carbocycles. The van der Waals surface area contributed by atoms with Crippen LogP contribution in [0.2, 0.25) is 0 Å². The number of aryl methyl sites for hydroxylation is 1. The summed E-state index contributed by atoms with van der Waals surface area (Å²) in [6.07, 6.45) is 0.00921. The molecule has 2 aromatic rings. The Morgan fingerprint density at radius 1 is 1.04 bits per heavy atom. The Morgan fingerprint density at radius 3 is 2.29 bits per heavy atom. The average molecular weight is 384 g/mol. The van der Waals surface area contributed by atoms with Crippen LogP contribution >= 0.6 is 0 Å². The van der Waals surface area contributed by atoms with Crippen molar-refractivity contribution in [1.29, 1.82) is 0 Å². The van der Waals surface area contributed by atoms with Crippen LogP contribution in [0.3, 0.4) is 0 Å². The predicted molar refractivity (Wildman–Crippen MR) is 105 cm³/mol. The smallest absolute Gasteiger partial charge is 0.340 e. The maximum absolute atomic E-state index is 12.6. The maximum atomic E-state index is 12.6. The van der Waals surface area contributed by atoms with E-state index in [1.54, 1.807) is 12.1 Å². The Morgan fingerprint density at radius 2 is 1.71 bits per heavy atom. The summed E-state index contributed by atoms with van der Waals surface area (Å²) in [5.74, 6) is -0.715. The van der Waals surface area contributed by atoms with E-state index in [9.17, 15) is 14.4 Å². The summed E-state index contributed by atoms with van der Waals surface area (Å²) in [6, 6.07) is 11.8. The molecule has 0 heterocycles. The summed E-state index contributed by atoms with van der Waals surface area (Å²) in [5, 5.41) is 5.50. The number of ether oxygens (including phenoxy) is 2. The summed E-state index contributed by atoms with van der Waals surface area (Å²) in [7, 11) is 2.74. The van der Waals surface area contributed by atoms with Crippen LogP contribution < -0.4 is 15.4 Å². The minimum atomic E-state index is -0.592. The number of rotatable bonds is 7. The van der Waals surface area contributed by atoms with Crippen molar-refractivity contribution in [3.05, 3.63) is 59.2 Å². The van der Waals surface area contributed by atoms with E-state index in [-0.39, 0.29) is 23.8 Å². The quantitative estimate of drug-likeness (QED) is 0.716. The van der Waals surface area contributed by atoms with Gasteiger partial charge in [-0.2, -0.15) is 0 Å². The number of hydrogen-bond acceptors (Lipinski definition) is 5. The van der Waals surface area contributed by atoms with Crippen molar-refractivity contribution >= 4 is 23.5 Å². The molecule has 0 radical (unpaired) electrons. The fourth-order valence-corrected chi connectivity index (χ4v) is 2.72. The molecule has 0 fully saturated rings. The van der Waals surface area contributed by atoms with Crippen LogP contribution in [-0.4, -0.2) is 32.0 Å². The van der Waals surface area contributed by atoms with E-state index in [1.165, 1.54) is 27.2 Å². The van der Waals surface area contributed by atoms with Crippen molar-refractivity contribution in [2.24, 2.45) is 0 Å². The molecule has 2 aromatic carbocycles. The lowest BCUT2D eigenvalue weighted by Crippen LogP contribution is -2.30. The average Bonchev–Trinajstić information content (AvgIpc) is 2.67. The van der Waals surface area contributed by atoms with Crippen molar-refractivity contribution in [2.75, 3.05) is 19.5 Å². The predicted octanol–water partition coefficient (Wildman–Crippen LogP) is 3.00. The van der Waals surface area contributed by atoms with Gasteiger partial charge in [-0.3, -0.25) is 9.59 Å². The van der Waals surface area contributed by atoms with Gasteiger partial charge < -0.3 is 20.1 Å². The lowest BCUT2D eigenvalue weighted by molar-refractivity contribution is -0.120. The highest BCUT2D eigenvalue weighted by Gasteiger charge is 2.20. The Balaban J connectivity index is 2.21. The fourth-order valence-electron chi connectivity index (χ4n) is 2.72. The molecule has 0 spiro atoms. The molecule has 1 unspecified atom stereocenters. The van der Waals surface area contributed by atoms with Gasteiger partial charge in [0.15, 0.2) is 0 Å². The Hall–Kier alpha value is -3.35. The molecular formula is C21H24N2O5. The standard InChI is InChI=1S/C21H24N2O5/c1-13-5-7-15(8-6-13)19(22-14(2)24)12-20(25)23-18-10-9-16(27-3)11-17(18)21(26)28-4/h5-11,19H,12H2,1-4H3,(H,22,24)(H,23,25). The summed E-state index contributed by atoms with van der Waals surface area (Å²) in [5.41, 5.74) is 2.39. The van der Waals surface area contributed by atoms with E-state index in [2.05, 4.69) is 10.6 Å². The first-order valence-electron chi connectivity index (χ1n) is 8.74. The molecule has 7 nitrogen and oxygen atoms in total. The molecule has 0 aliphatic heterocycles. The van der Waals surface area contributed by atoms with Gasteiger partial charge in [0.2, 0.25) is 11.8 Å². The van der Waals surface area contributed by atoms with Crippen molar-refractivity contribution in [3.63, 3.8) is 0 Å². The van der Waals surface area contributed by atoms with E-state index in [4.69, 9.17) is 9.47 Å².